The predicted molar refractivity (Wildman–Crippen MR) is 72.7 cm³/mol. The summed E-state index contributed by atoms with van der Waals surface area (Å²) in [7, 11) is 0. The number of rotatable bonds is 5. The molecule has 5 heteroatoms. The highest BCUT2D eigenvalue weighted by atomic mass is 79.9. The Balaban J connectivity index is 2.53. The average molecular weight is 350 g/mol. The average Bonchev–Trinajstić information content (AvgIpc) is 2.24. The summed E-state index contributed by atoms with van der Waals surface area (Å²) in [5, 5.41) is 5.99. The second kappa shape index (κ2) is 7.04. The zero-order valence-electron chi connectivity index (χ0n) is 9.02. The topological polar surface area (TPSA) is 41.1 Å². The summed E-state index contributed by atoms with van der Waals surface area (Å²) in [5.41, 5.74) is 0.652. The molecule has 0 unspecified atom stereocenters. The fourth-order valence-corrected chi connectivity index (χ4v) is 2.44. The number of likely N-dealkylation sites (N-methyl/N-ethyl adjacent to an activating group) is 1. The third-order valence-corrected chi connectivity index (χ3v) is 3.16. The Morgan fingerprint density at radius 3 is 2.69 bits per heavy atom. The summed E-state index contributed by atoms with van der Waals surface area (Å²) >= 11 is 6.71. The van der Waals surface area contributed by atoms with E-state index in [1.807, 2.05) is 19.1 Å². The van der Waals surface area contributed by atoms with E-state index < -0.39 is 0 Å². The monoisotopic (exact) mass is 348 g/mol. The molecule has 0 radical (unpaired) electrons. The molecule has 0 spiro atoms. The molecule has 3 nitrogen and oxygen atoms in total. The highest BCUT2D eigenvalue weighted by molar-refractivity contribution is 9.11. The first kappa shape index (κ1) is 13.7. The number of amides is 1. The molecule has 0 aliphatic rings. The molecule has 1 aromatic carbocycles. The van der Waals surface area contributed by atoms with Gasteiger partial charge in [-0.3, -0.25) is 4.79 Å². The summed E-state index contributed by atoms with van der Waals surface area (Å²) in [6, 6.07) is 5.50. The van der Waals surface area contributed by atoms with Gasteiger partial charge in [-0.1, -0.05) is 22.9 Å². The fourth-order valence-electron chi connectivity index (χ4n) is 1.21. The van der Waals surface area contributed by atoms with Gasteiger partial charge in [0.05, 0.1) is 5.56 Å². The first-order valence-corrected chi connectivity index (χ1v) is 6.67. The van der Waals surface area contributed by atoms with Crippen molar-refractivity contribution in [2.75, 3.05) is 19.6 Å². The lowest BCUT2D eigenvalue weighted by molar-refractivity contribution is 0.0953. The van der Waals surface area contributed by atoms with Gasteiger partial charge >= 0.3 is 0 Å². The Morgan fingerprint density at radius 1 is 1.31 bits per heavy atom. The van der Waals surface area contributed by atoms with E-state index in [-0.39, 0.29) is 5.91 Å². The van der Waals surface area contributed by atoms with E-state index in [2.05, 4.69) is 42.5 Å². The molecule has 2 N–H and O–H groups in total. The van der Waals surface area contributed by atoms with Gasteiger partial charge in [0, 0.05) is 22.0 Å². The number of carbonyl (C=O) groups is 1. The molecule has 1 rings (SSSR count). The van der Waals surface area contributed by atoms with Crippen LogP contribution in [0.2, 0.25) is 0 Å². The maximum atomic E-state index is 11.8. The van der Waals surface area contributed by atoms with Crippen molar-refractivity contribution in [3.05, 3.63) is 32.7 Å². The van der Waals surface area contributed by atoms with Crippen LogP contribution in [0.25, 0.3) is 0 Å². The van der Waals surface area contributed by atoms with Crippen LogP contribution in [0.1, 0.15) is 17.3 Å². The first-order valence-electron chi connectivity index (χ1n) is 5.09. The SMILES string of the molecule is CCNCCNC(=O)c1ccc(Br)cc1Br. The lowest BCUT2D eigenvalue weighted by atomic mass is 10.2. The summed E-state index contributed by atoms with van der Waals surface area (Å²) in [5.74, 6) is -0.0581. The first-order chi connectivity index (χ1) is 7.65. The van der Waals surface area contributed by atoms with Crippen molar-refractivity contribution >= 4 is 37.8 Å². The van der Waals surface area contributed by atoms with Crippen molar-refractivity contribution in [2.45, 2.75) is 6.92 Å². The van der Waals surface area contributed by atoms with Crippen molar-refractivity contribution in [3.63, 3.8) is 0 Å². The Morgan fingerprint density at radius 2 is 2.06 bits per heavy atom. The van der Waals surface area contributed by atoms with E-state index in [1.54, 1.807) is 6.07 Å². The molecule has 0 bridgehead atoms. The van der Waals surface area contributed by atoms with E-state index >= 15 is 0 Å². The molecule has 0 atom stereocenters. The minimum atomic E-state index is -0.0581. The normalized spacial score (nSPS) is 10.2. The molecule has 16 heavy (non-hydrogen) atoms. The minimum absolute atomic E-state index is 0.0581. The molecule has 0 aliphatic carbocycles. The van der Waals surface area contributed by atoms with Gasteiger partial charge in [-0.25, -0.2) is 0 Å². The van der Waals surface area contributed by atoms with Gasteiger partial charge in [0.2, 0.25) is 0 Å². The van der Waals surface area contributed by atoms with Crippen LogP contribution in [0.15, 0.2) is 27.1 Å². The zero-order valence-corrected chi connectivity index (χ0v) is 12.2. The van der Waals surface area contributed by atoms with E-state index in [4.69, 9.17) is 0 Å². The van der Waals surface area contributed by atoms with Crippen LogP contribution >= 0.6 is 31.9 Å². The Kier molecular flexibility index (Phi) is 6.01. The van der Waals surface area contributed by atoms with Crippen LogP contribution in [0.5, 0.6) is 0 Å². The summed E-state index contributed by atoms with van der Waals surface area (Å²) in [6.45, 7) is 4.37. The quantitative estimate of drug-likeness (QED) is 0.802. The number of hydrogen-bond acceptors (Lipinski definition) is 2. The Hall–Kier alpha value is -0.390. The molecule has 0 saturated heterocycles. The fraction of sp³-hybridized carbons (Fsp3) is 0.364. The highest BCUT2D eigenvalue weighted by Gasteiger charge is 2.08. The van der Waals surface area contributed by atoms with Crippen LogP contribution in [0, 0.1) is 0 Å². The molecule has 0 aromatic heterocycles. The van der Waals surface area contributed by atoms with Crippen LogP contribution < -0.4 is 10.6 Å². The number of carbonyl (C=O) groups excluding carboxylic acids is 1. The van der Waals surface area contributed by atoms with Gasteiger partial charge in [0.1, 0.15) is 0 Å². The van der Waals surface area contributed by atoms with E-state index in [9.17, 15) is 4.79 Å². The van der Waals surface area contributed by atoms with E-state index in [1.165, 1.54) is 0 Å². The second-order valence-electron chi connectivity index (χ2n) is 3.23. The van der Waals surface area contributed by atoms with Crippen molar-refractivity contribution in [3.8, 4) is 0 Å². The standard InChI is InChI=1S/C11H14Br2N2O/c1-2-14-5-6-15-11(16)9-4-3-8(12)7-10(9)13/h3-4,7,14H,2,5-6H2,1H3,(H,15,16). The van der Waals surface area contributed by atoms with Crippen molar-refractivity contribution < 1.29 is 4.79 Å². The molecular weight excluding hydrogens is 336 g/mol. The maximum absolute atomic E-state index is 11.8. The van der Waals surface area contributed by atoms with Gasteiger partial charge < -0.3 is 10.6 Å². The number of halogens is 2. The number of benzene rings is 1. The maximum Gasteiger partial charge on any atom is 0.252 e. The zero-order chi connectivity index (χ0) is 12.0. The molecule has 0 heterocycles. The summed E-state index contributed by atoms with van der Waals surface area (Å²) in [6.07, 6.45) is 0. The van der Waals surface area contributed by atoms with E-state index in [0.717, 1.165) is 22.0 Å². The Labute approximate surface area is 112 Å². The van der Waals surface area contributed by atoms with Crippen LogP contribution in [-0.2, 0) is 0 Å². The smallest absolute Gasteiger partial charge is 0.252 e. The van der Waals surface area contributed by atoms with Crippen LogP contribution in [0.3, 0.4) is 0 Å². The van der Waals surface area contributed by atoms with Crippen molar-refractivity contribution in [1.29, 1.82) is 0 Å². The largest absolute Gasteiger partial charge is 0.351 e. The van der Waals surface area contributed by atoms with Gasteiger partial charge in [0.25, 0.3) is 5.91 Å². The van der Waals surface area contributed by atoms with Crippen molar-refractivity contribution in [2.24, 2.45) is 0 Å². The van der Waals surface area contributed by atoms with Gasteiger partial charge in [0.15, 0.2) is 0 Å². The molecule has 0 saturated carbocycles. The number of nitrogens with one attached hydrogen (secondary N) is 2. The van der Waals surface area contributed by atoms with Gasteiger partial charge in [-0.15, -0.1) is 0 Å². The molecule has 1 aromatic rings. The highest BCUT2D eigenvalue weighted by Crippen LogP contribution is 2.21. The number of hydrogen-bond donors (Lipinski definition) is 2. The predicted octanol–water partition coefficient (Wildman–Crippen LogP) is 2.55. The van der Waals surface area contributed by atoms with Crippen LogP contribution in [-0.4, -0.2) is 25.5 Å². The van der Waals surface area contributed by atoms with Gasteiger partial charge in [-0.2, -0.15) is 0 Å². The van der Waals surface area contributed by atoms with Gasteiger partial charge in [-0.05, 0) is 40.7 Å². The summed E-state index contributed by atoms with van der Waals surface area (Å²) < 4.78 is 1.74. The summed E-state index contributed by atoms with van der Waals surface area (Å²) in [4.78, 5) is 11.8. The molecular formula is C11H14Br2N2O. The molecule has 88 valence electrons. The van der Waals surface area contributed by atoms with E-state index in [0.29, 0.717) is 12.1 Å². The molecule has 0 fully saturated rings. The third-order valence-electron chi connectivity index (χ3n) is 2.01. The van der Waals surface area contributed by atoms with Crippen LogP contribution in [0.4, 0.5) is 0 Å². The lowest BCUT2D eigenvalue weighted by Crippen LogP contribution is -2.31. The third kappa shape index (κ3) is 4.23. The van der Waals surface area contributed by atoms with Crippen molar-refractivity contribution in [1.82, 2.24) is 10.6 Å². The lowest BCUT2D eigenvalue weighted by Gasteiger charge is -2.07. The minimum Gasteiger partial charge on any atom is -0.351 e. The molecule has 0 aliphatic heterocycles. The molecule has 1 amide bonds. The Bertz CT molecular complexity index is 369. The second-order valence-corrected chi connectivity index (χ2v) is 5.00.